The van der Waals surface area contributed by atoms with Gasteiger partial charge in [0.2, 0.25) is 0 Å². The van der Waals surface area contributed by atoms with Crippen LogP contribution in [0.15, 0.2) is 42.7 Å². The molecule has 2 aromatic heterocycles. The van der Waals surface area contributed by atoms with E-state index in [0.717, 1.165) is 49.7 Å². The Morgan fingerprint density at radius 3 is 1.87 bits per heavy atom. The van der Waals surface area contributed by atoms with Gasteiger partial charge in [0.1, 0.15) is 18.0 Å². The summed E-state index contributed by atoms with van der Waals surface area (Å²) in [6.07, 6.45) is -9.37. The number of ether oxygens (including phenoxy) is 2. The monoisotopic (exact) mass is 667 g/mol. The molecule has 45 heavy (non-hydrogen) atoms. The number of aromatic nitrogens is 2. The molecule has 2 aromatic rings. The molecular weight excluding hydrogens is 641 g/mol. The third-order valence-electron chi connectivity index (χ3n) is 5.61. The van der Waals surface area contributed by atoms with Gasteiger partial charge in [0.25, 0.3) is 0 Å². The van der Waals surface area contributed by atoms with Crippen LogP contribution in [0, 0.1) is 6.92 Å². The first kappa shape index (κ1) is 38.8. The molecule has 1 saturated heterocycles. The minimum atomic E-state index is -5.08. The van der Waals surface area contributed by atoms with Crippen molar-refractivity contribution < 1.29 is 78.7 Å². The Labute approximate surface area is 248 Å². The van der Waals surface area contributed by atoms with E-state index in [1.165, 1.54) is 0 Å². The molecule has 2 aliphatic rings. The number of halogens is 9. The minimum Gasteiger partial charge on any atom is -0.486 e. The van der Waals surface area contributed by atoms with Crippen molar-refractivity contribution in [1.82, 2.24) is 14.9 Å². The summed E-state index contributed by atoms with van der Waals surface area (Å²) < 4.78 is 107. The van der Waals surface area contributed by atoms with Gasteiger partial charge in [-0.1, -0.05) is 6.07 Å². The molecular formula is C25H26F9N3O8. The molecule has 3 N–H and O–H groups in total. The lowest BCUT2D eigenvalue weighted by atomic mass is 10.1. The smallest absolute Gasteiger partial charge is 0.486 e. The number of carboxylic acid groups (broad SMARTS) is 3. The van der Waals surface area contributed by atoms with Gasteiger partial charge in [0.15, 0.2) is 0 Å². The molecule has 1 aliphatic heterocycles. The van der Waals surface area contributed by atoms with Crippen molar-refractivity contribution in [2.75, 3.05) is 13.2 Å². The van der Waals surface area contributed by atoms with Gasteiger partial charge in [0.05, 0.1) is 18.5 Å². The Morgan fingerprint density at radius 1 is 0.889 bits per heavy atom. The zero-order valence-corrected chi connectivity index (χ0v) is 22.9. The number of alkyl halides is 9. The zero-order chi connectivity index (χ0) is 34.6. The van der Waals surface area contributed by atoms with Crippen molar-refractivity contribution in [2.24, 2.45) is 0 Å². The maximum Gasteiger partial charge on any atom is 0.490 e. The summed E-state index contributed by atoms with van der Waals surface area (Å²) >= 11 is 0. The number of aryl methyl sites for hydroxylation is 1. The summed E-state index contributed by atoms with van der Waals surface area (Å²) in [5.74, 6) is -7.45. The largest absolute Gasteiger partial charge is 0.490 e. The van der Waals surface area contributed by atoms with Crippen molar-refractivity contribution in [2.45, 2.75) is 63.1 Å². The average molecular weight is 667 g/mol. The molecule has 4 rings (SSSR count). The molecule has 0 amide bonds. The normalized spacial score (nSPS) is 19.6. The summed E-state index contributed by atoms with van der Waals surface area (Å²) in [6, 6.07) is 10.5. The van der Waals surface area contributed by atoms with Gasteiger partial charge in [0, 0.05) is 31.0 Å². The number of nitrogens with zero attached hydrogens (tertiary/aromatic N) is 3. The average Bonchev–Trinajstić information content (AvgIpc) is 3.32. The Kier molecular flexibility index (Phi) is 14.5. The van der Waals surface area contributed by atoms with Crippen LogP contribution in [-0.2, 0) is 25.7 Å². The van der Waals surface area contributed by atoms with Crippen molar-refractivity contribution in [3.05, 3.63) is 54.1 Å². The Balaban J connectivity index is 0.000000396. The van der Waals surface area contributed by atoms with E-state index in [9.17, 15) is 39.5 Å². The van der Waals surface area contributed by atoms with Gasteiger partial charge in [-0.15, -0.1) is 0 Å². The molecule has 3 heterocycles. The van der Waals surface area contributed by atoms with E-state index in [4.69, 9.17) is 39.2 Å². The van der Waals surface area contributed by atoms with Crippen LogP contribution in [0.5, 0.6) is 5.75 Å². The van der Waals surface area contributed by atoms with Crippen LogP contribution in [0.4, 0.5) is 39.5 Å². The highest BCUT2D eigenvalue weighted by Gasteiger charge is 2.44. The van der Waals surface area contributed by atoms with E-state index in [2.05, 4.69) is 27.0 Å². The summed E-state index contributed by atoms with van der Waals surface area (Å²) in [6.45, 7) is 4.63. The van der Waals surface area contributed by atoms with E-state index in [-0.39, 0.29) is 12.2 Å². The molecule has 252 valence electrons. The van der Waals surface area contributed by atoms with Gasteiger partial charge < -0.3 is 24.8 Å². The number of aliphatic carboxylic acids is 3. The number of pyridine rings is 2. The van der Waals surface area contributed by atoms with Crippen LogP contribution in [0.25, 0.3) is 0 Å². The Hall–Kier alpha value is -4.20. The predicted molar refractivity (Wildman–Crippen MR) is 132 cm³/mol. The zero-order valence-electron chi connectivity index (χ0n) is 22.9. The molecule has 0 radical (unpaired) electrons. The van der Waals surface area contributed by atoms with Crippen LogP contribution in [0.1, 0.15) is 24.2 Å². The maximum absolute atomic E-state index is 10.6. The number of fused-ring (bicyclic) bond motifs is 1. The molecule has 11 nitrogen and oxygen atoms in total. The number of morpholine rings is 1. The second kappa shape index (κ2) is 16.8. The summed E-state index contributed by atoms with van der Waals surface area (Å²) in [5.41, 5.74) is 2.20. The molecule has 20 heteroatoms. The summed E-state index contributed by atoms with van der Waals surface area (Å²) in [5, 5.41) is 21.4. The fourth-order valence-corrected chi connectivity index (χ4v) is 3.80. The van der Waals surface area contributed by atoms with Gasteiger partial charge in [-0.2, -0.15) is 39.5 Å². The molecule has 0 spiro atoms. The van der Waals surface area contributed by atoms with Crippen molar-refractivity contribution in [1.29, 1.82) is 0 Å². The van der Waals surface area contributed by atoms with E-state index in [0.29, 0.717) is 6.04 Å². The number of carbonyl (C=O) groups is 3. The lowest BCUT2D eigenvalue weighted by Gasteiger charge is -2.38. The van der Waals surface area contributed by atoms with Crippen LogP contribution in [-0.4, -0.2) is 98.0 Å². The van der Waals surface area contributed by atoms with Crippen molar-refractivity contribution in [3.63, 3.8) is 0 Å². The van der Waals surface area contributed by atoms with Crippen LogP contribution >= 0.6 is 0 Å². The van der Waals surface area contributed by atoms with Gasteiger partial charge in [-0.3, -0.25) is 14.9 Å². The number of hydrogen-bond donors (Lipinski definition) is 3. The molecule has 0 aromatic carbocycles. The molecule has 3 atom stereocenters. The molecule has 1 saturated carbocycles. The fourth-order valence-electron chi connectivity index (χ4n) is 3.80. The first-order valence-electron chi connectivity index (χ1n) is 12.4. The topological polar surface area (TPSA) is 159 Å². The van der Waals surface area contributed by atoms with Gasteiger partial charge in [-0.25, -0.2) is 14.4 Å². The second-order valence-corrected chi connectivity index (χ2v) is 8.97. The fraction of sp³-hybridized carbons (Fsp3) is 0.480. The molecule has 1 aliphatic carbocycles. The predicted octanol–water partition coefficient (Wildman–Crippen LogP) is 4.50. The Morgan fingerprint density at radius 2 is 1.42 bits per heavy atom. The first-order valence-corrected chi connectivity index (χ1v) is 12.4. The first-order chi connectivity index (χ1) is 20.6. The van der Waals surface area contributed by atoms with E-state index >= 15 is 0 Å². The van der Waals surface area contributed by atoms with Gasteiger partial charge >= 0.3 is 36.4 Å². The quantitative estimate of drug-likeness (QED) is 0.395. The molecule has 2 fully saturated rings. The van der Waals surface area contributed by atoms with Gasteiger partial charge in [-0.05, 0) is 44.0 Å². The standard InChI is InChI=1S/C19H23N3O2.3C2HF3O2/c1-14-4-2-5-15(21-14)13-22-10-11-23-19-17(22)7-8-18(19)24-16-6-3-9-20-12-16;3*3-2(4,5)1(6)7/h2-6,9,12,17-19H,7-8,10-11,13H2,1H3;3*(H,6,7)/t17-,18+,19+;;;/m0.../s1. The highest BCUT2D eigenvalue weighted by atomic mass is 19.4. The van der Waals surface area contributed by atoms with Crippen molar-refractivity contribution in [3.8, 4) is 5.75 Å². The van der Waals surface area contributed by atoms with Crippen LogP contribution in [0.2, 0.25) is 0 Å². The highest BCUT2D eigenvalue weighted by Crippen LogP contribution is 2.33. The maximum atomic E-state index is 10.6. The molecule has 0 bridgehead atoms. The number of hydrogen-bond acceptors (Lipinski definition) is 8. The third kappa shape index (κ3) is 14.4. The van der Waals surface area contributed by atoms with E-state index in [1.807, 2.05) is 25.1 Å². The third-order valence-corrected chi connectivity index (χ3v) is 5.61. The lowest BCUT2D eigenvalue weighted by molar-refractivity contribution is -0.193. The summed E-state index contributed by atoms with van der Waals surface area (Å²) in [7, 11) is 0. The SMILES string of the molecule is Cc1cccc(CN2CCO[C@H]3[C@H](Oc4cccnc4)CC[C@@H]32)n1.O=C(O)C(F)(F)F.O=C(O)C(F)(F)F.O=C(O)C(F)(F)F. The van der Waals surface area contributed by atoms with E-state index < -0.39 is 36.4 Å². The molecule has 0 unspecified atom stereocenters. The van der Waals surface area contributed by atoms with Crippen LogP contribution in [0.3, 0.4) is 0 Å². The number of rotatable bonds is 4. The van der Waals surface area contributed by atoms with Crippen LogP contribution < -0.4 is 4.74 Å². The minimum absolute atomic E-state index is 0.104. The second-order valence-electron chi connectivity index (χ2n) is 8.97. The lowest BCUT2D eigenvalue weighted by Crippen LogP contribution is -2.51. The summed E-state index contributed by atoms with van der Waals surface area (Å²) in [4.78, 5) is 38.0. The highest BCUT2D eigenvalue weighted by molar-refractivity contribution is 5.73. The number of carboxylic acids is 3. The van der Waals surface area contributed by atoms with E-state index in [1.54, 1.807) is 12.4 Å². The Bertz CT molecular complexity index is 1190. The van der Waals surface area contributed by atoms with Crippen molar-refractivity contribution >= 4 is 17.9 Å².